The summed E-state index contributed by atoms with van der Waals surface area (Å²) in [5.41, 5.74) is 9.01. The summed E-state index contributed by atoms with van der Waals surface area (Å²) in [5, 5.41) is 6.02. The summed E-state index contributed by atoms with van der Waals surface area (Å²) in [7, 11) is 0. The van der Waals surface area contributed by atoms with Crippen LogP contribution in [0.15, 0.2) is 36.5 Å². The van der Waals surface area contributed by atoms with Gasteiger partial charge in [-0.05, 0) is 41.8 Å². The Labute approximate surface area is 151 Å². The number of carbonyl (C=O) groups is 2. The maximum absolute atomic E-state index is 11.4. The highest BCUT2D eigenvalue weighted by molar-refractivity contribution is 5.99. The molecule has 3 rings (SSSR count). The maximum Gasteiger partial charge on any atom is 0.228 e. The van der Waals surface area contributed by atoms with Crippen molar-refractivity contribution < 1.29 is 14.3 Å². The zero-order chi connectivity index (χ0) is 18.4. The number of anilines is 2. The van der Waals surface area contributed by atoms with Gasteiger partial charge in [0.15, 0.2) is 0 Å². The van der Waals surface area contributed by atoms with Crippen molar-refractivity contribution in [2.24, 2.45) is 5.73 Å². The number of fused-ring (bicyclic) bond motifs is 1. The van der Waals surface area contributed by atoms with E-state index in [0.29, 0.717) is 39.0 Å². The smallest absolute Gasteiger partial charge is 0.228 e. The van der Waals surface area contributed by atoms with E-state index in [1.165, 1.54) is 0 Å². The Kier molecular flexibility index (Phi) is 5.80. The summed E-state index contributed by atoms with van der Waals surface area (Å²) in [6.45, 7) is 1.69. The summed E-state index contributed by atoms with van der Waals surface area (Å²) in [6, 6.07) is 9.84. The van der Waals surface area contributed by atoms with Gasteiger partial charge in [-0.25, -0.2) is 4.98 Å². The summed E-state index contributed by atoms with van der Waals surface area (Å²) >= 11 is 0. The summed E-state index contributed by atoms with van der Waals surface area (Å²) in [5.74, 6) is 0.501. The van der Waals surface area contributed by atoms with Gasteiger partial charge in [-0.3, -0.25) is 9.59 Å². The molecule has 136 valence electrons. The Morgan fingerprint density at radius 2 is 2.08 bits per heavy atom. The Hall–Kier alpha value is -2.93. The highest BCUT2D eigenvalue weighted by Crippen LogP contribution is 2.29. The predicted octanol–water partition coefficient (Wildman–Crippen LogP) is 1.94. The van der Waals surface area contributed by atoms with Crippen molar-refractivity contribution in [3.8, 4) is 11.1 Å². The van der Waals surface area contributed by atoms with Crippen LogP contribution in [0.4, 0.5) is 11.5 Å². The van der Waals surface area contributed by atoms with Crippen LogP contribution >= 0.6 is 0 Å². The number of aromatic nitrogens is 1. The maximum atomic E-state index is 11.4. The third-order valence-electron chi connectivity index (χ3n) is 4.09. The monoisotopic (exact) mass is 354 g/mol. The third-order valence-corrected chi connectivity index (χ3v) is 4.09. The van der Waals surface area contributed by atoms with Crippen molar-refractivity contribution in [3.63, 3.8) is 0 Å². The molecule has 1 aromatic heterocycles. The number of benzene rings is 1. The summed E-state index contributed by atoms with van der Waals surface area (Å²) < 4.78 is 5.42. The molecule has 0 saturated carbocycles. The molecule has 0 unspecified atom stereocenters. The molecule has 1 aromatic carbocycles. The lowest BCUT2D eigenvalue weighted by Gasteiger charge is -2.08. The van der Waals surface area contributed by atoms with Crippen molar-refractivity contribution in [3.05, 3.63) is 42.1 Å². The molecule has 0 saturated heterocycles. The van der Waals surface area contributed by atoms with Crippen molar-refractivity contribution in [1.82, 2.24) is 4.98 Å². The van der Waals surface area contributed by atoms with E-state index in [1.54, 1.807) is 0 Å². The molecule has 7 nitrogen and oxygen atoms in total. The van der Waals surface area contributed by atoms with Crippen LogP contribution in [-0.4, -0.2) is 36.6 Å². The molecule has 7 heteroatoms. The second kappa shape index (κ2) is 8.44. The number of carbonyl (C=O) groups excluding carboxylic acids is 2. The fraction of sp³-hybridized carbons (Fsp3) is 0.316. The van der Waals surface area contributed by atoms with Gasteiger partial charge in [0.2, 0.25) is 11.8 Å². The van der Waals surface area contributed by atoms with Crippen LogP contribution in [0.1, 0.15) is 18.4 Å². The Bertz CT molecular complexity index is 790. The van der Waals surface area contributed by atoms with Crippen molar-refractivity contribution >= 4 is 23.3 Å². The largest absolute Gasteiger partial charge is 0.380 e. The van der Waals surface area contributed by atoms with Crippen LogP contribution in [0, 0.1) is 0 Å². The number of hydrogen-bond acceptors (Lipinski definition) is 5. The van der Waals surface area contributed by atoms with E-state index in [4.69, 9.17) is 10.5 Å². The second-order valence-electron chi connectivity index (χ2n) is 6.14. The first-order chi connectivity index (χ1) is 12.6. The zero-order valence-corrected chi connectivity index (χ0v) is 14.5. The molecule has 0 spiro atoms. The van der Waals surface area contributed by atoms with Gasteiger partial charge >= 0.3 is 0 Å². The van der Waals surface area contributed by atoms with Gasteiger partial charge < -0.3 is 21.1 Å². The van der Waals surface area contributed by atoms with E-state index in [2.05, 4.69) is 15.6 Å². The fourth-order valence-electron chi connectivity index (χ4n) is 2.78. The van der Waals surface area contributed by atoms with Crippen LogP contribution < -0.4 is 16.4 Å². The minimum Gasteiger partial charge on any atom is -0.380 e. The number of pyridine rings is 1. The van der Waals surface area contributed by atoms with E-state index in [0.717, 1.165) is 28.2 Å². The zero-order valence-electron chi connectivity index (χ0n) is 14.5. The standard InChI is InChI=1S/C19H22N4O3/c20-17(24)2-1-8-26-9-7-21-18-6-4-14(12-22-18)13-3-5-16-15(10-13)11-19(25)23-16/h3-6,10,12H,1-2,7-9,11H2,(H2,20,24)(H,21,22)(H,23,25). The minimum atomic E-state index is -0.303. The van der Waals surface area contributed by atoms with Gasteiger partial charge in [-0.2, -0.15) is 0 Å². The Morgan fingerprint density at radius 1 is 1.23 bits per heavy atom. The van der Waals surface area contributed by atoms with Gasteiger partial charge in [0, 0.05) is 37.0 Å². The lowest BCUT2D eigenvalue weighted by molar-refractivity contribution is -0.118. The van der Waals surface area contributed by atoms with Gasteiger partial charge in [0.05, 0.1) is 13.0 Å². The fourth-order valence-corrected chi connectivity index (χ4v) is 2.78. The topological polar surface area (TPSA) is 106 Å². The summed E-state index contributed by atoms with van der Waals surface area (Å²) in [6.07, 6.45) is 3.23. The molecular formula is C19H22N4O3. The molecule has 4 N–H and O–H groups in total. The third kappa shape index (κ3) is 4.80. The van der Waals surface area contributed by atoms with Crippen LogP contribution in [0.5, 0.6) is 0 Å². The highest BCUT2D eigenvalue weighted by atomic mass is 16.5. The molecule has 1 aliphatic heterocycles. The van der Waals surface area contributed by atoms with Gasteiger partial charge in [-0.15, -0.1) is 0 Å². The van der Waals surface area contributed by atoms with E-state index < -0.39 is 0 Å². The average Bonchev–Trinajstić information content (AvgIpc) is 3.00. The summed E-state index contributed by atoms with van der Waals surface area (Å²) in [4.78, 5) is 26.5. The van der Waals surface area contributed by atoms with Gasteiger partial charge in [-0.1, -0.05) is 6.07 Å². The molecule has 0 radical (unpaired) electrons. The van der Waals surface area contributed by atoms with Gasteiger partial charge in [0.1, 0.15) is 5.82 Å². The molecule has 2 amide bonds. The number of nitrogens with zero attached hydrogens (tertiary/aromatic N) is 1. The molecule has 0 atom stereocenters. The highest BCUT2D eigenvalue weighted by Gasteiger charge is 2.17. The molecule has 0 bridgehead atoms. The molecular weight excluding hydrogens is 332 g/mol. The molecule has 1 aliphatic rings. The number of nitrogens with one attached hydrogen (secondary N) is 2. The van der Waals surface area contributed by atoms with E-state index in [9.17, 15) is 9.59 Å². The molecule has 0 fully saturated rings. The second-order valence-corrected chi connectivity index (χ2v) is 6.14. The number of rotatable bonds is 9. The average molecular weight is 354 g/mol. The Balaban J connectivity index is 1.46. The number of primary amides is 1. The molecule has 2 aromatic rings. The molecule has 2 heterocycles. The van der Waals surface area contributed by atoms with Gasteiger partial charge in [0.25, 0.3) is 0 Å². The first-order valence-corrected chi connectivity index (χ1v) is 8.61. The van der Waals surface area contributed by atoms with Crippen LogP contribution in [-0.2, 0) is 20.7 Å². The van der Waals surface area contributed by atoms with Crippen molar-refractivity contribution in [1.29, 1.82) is 0 Å². The van der Waals surface area contributed by atoms with Crippen LogP contribution in [0.25, 0.3) is 11.1 Å². The first-order valence-electron chi connectivity index (χ1n) is 8.61. The van der Waals surface area contributed by atoms with Crippen LogP contribution in [0.2, 0.25) is 0 Å². The van der Waals surface area contributed by atoms with E-state index in [-0.39, 0.29) is 11.8 Å². The van der Waals surface area contributed by atoms with E-state index >= 15 is 0 Å². The number of hydrogen-bond donors (Lipinski definition) is 3. The Morgan fingerprint density at radius 3 is 2.85 bits per heavy atom. The number of ether oxygens (including phenoxy) is 1. The van der Waals surface area contributed by atoms with Crippen LogP contribution in [0.3, 0.4) is 0 Å². The van der Waals surface area contributed by atoms with E-state index in [1.807, 2.05) is 36.5 Å². The quantitative estimate of drug-likeness (QED) is 0.597. The minimum absolute atomic E-state index is 0.0340. The lowest BCUT2D eigenvalue weighted by atomic mass is 10.0. The normalized spacial score (nSPS) is 12.5. The number of nitrogens with two attached hydrogens (primary N) is 1. The number of amides is 2. The predicted molar refractivity (Wildman–Crippen MR) is 99.7 cm³/mol. The van der Waals surface area contributed by atoms with Crippen molar-refractivity contribution in [2.45, 2.75) is 19.3 Å². The first kappa shape index (κ1) is 17.9. The van der Waals surface area contributed by atoms with Crippen molar-refractivity contribution in [2.75, 3.05) is 30.4 Å². The lowest BCUT2D eigenvalue weighted by Crippen LogP contribution is -2.13. The molecule has 0 aliphatic carbocycles. The molecule has 26 heavy (non-hydrogen) atoms. The SMILES string of the molecule is NC(=O)CCCOCCNc1ccc(-c2ccc3c(c2)CC(=O)N3)cn1.